The Morgan fingerprint density at radius 3 is 2.26 bits per heavy atom. The van der Waals surface area contributed by atoms with E-state index in [0.717, 1.165) is 11.1 Å². The van der Waals surface area contributed by atoms with E-state index in [9.17, 15) is 14.4 Å². The highest BCUT2D eigenvalue weighted by Crippen LogP contribution is 2.36. The molecular formula is C28H20N2O4. The molecule has 0 fully saturated rings. The first-order valence-corrected chi connectivity index (χ1v) is 10.7. The molecule has 0 unspecified atom stereocenters. The number of fused-ring (bicyclic) bond motifs is 1. The fourth-order valence-corrected chi connectivity index (χ4v) is 4.04. The Labute approximate surface area is 196 Å². The van der Waals surface area contributed by atoms with Gasteiger partial charge in [0.05, 0.1) is 23.9 Å². The topological polar surface area (TPSA) is 75.7 Å². The molecular weight excluding hydrogens is 428 g/mol. The summed E-state index contributed by atoms with van der Waals surface area (Å²) in [5.74, 6) is -0.651. The molecule has 34 heavy (non-hydrogen) atoms. The van der Waals surface area contributed by atoms with E-state index in [2.05, 4.69) is 5.32 Å². The van der Waals surface area contributed by atoms with E-state index in [0.29, 0.717) is 17.1 Å². The van der Waals surface area contributed by atoms with Crippen LogP contribution >= 0.6 is 0 Å². The fourth-order valence-electron chi connectivity index (χ4n) is 4.04. The van der Waals surface area contributed by atoms with E-state index in [-0.39, 0.29) is 22.6 Å². The lowest BCUT2D eigenvalue weighted by Crippen LogP contribution is -2.29. The lowest BCUT2D eigenvalue weighted by molar-refractivity contribution is 0.0925. The number of carbonyl (C=O) groups is 3. The number of nitrogens with zero attached hydrogens (tertiary/aromatic N) is 1. The van der Waals surface area contributed by atoms with Gasteiger partial charge in [0.1, 0.15) is 5.75 Å². The van der Waals surface area contributed by atoms with Gasteiger partial charge in [0.2, 0.25) is 0 Å². The van der Waals surface area contributed by atoms with E-state index in [1.54, 1.807) is 49.6 Å². The molecule has 166 valence electrons. The minimum absolute atomic E-state index is 0.200. The molecule has 1 aliphatic rings. The number of benzene rings is 4. The van der Waals surface area contributed by atoms with E-state index >= 15 is 0 Å². The van der Waals surface area contributed by atoms with Crippen molar-refractivity contribution in [1.29, 1.82) is 0 Å². The summed E-state index contributed by atoms with van der Waals surface area (Å²) in [5.41, 5.74) is 3.48. The molecule has 0 atom stereocenters. The van der Waals surface area contributed by atoms with E-state index in [4.69, 9.17) is 4.74 Å². The predicted molar refractivity (Wildman–Crippen MR) is 130 cm³/mol. The highest BCUT2D eigenvalue weighted by atomic mass is 16.5. The highest BCUT2D eigenvalue weighted by molar-refractivity contribution is 6.35. The summed E-state index contributed by atoms with van der Waals surface area (Å²) < 4.78 is 5.18. The van der Waals surface area contributed by atoms with Crippen molar-refractivity contribution in [2.24, 2.45) is 0 Å². The second-order valence-corrected chi connectivity index (χ2v) is 7.78. The predicted octanol–water partition coefficient (Wildman–Crippen LogP) is 5.42. The first-order chi connectivity index (χ1) is 16.6. The first kappa shape index (κ1) is 21.2. The van der Waals surface area contributed by atoms with Gasteiger partial charge in [-0.3, -0.25) is 14.4 Å². The zero-order valence-electron chi connectivity index (χ0n) is 18.3. The van der Waals surface area contributed by atoms with Crippen molar-refractivity contribution in [3.05, 3.63) is 114 Å². The Hall–Kier alpha value is -4.71. The van der Waals surface area contributed by atoms with Crippen LogP contribution in [0, 0.1) is 0 Å². The monoisotopic (exact) mass is 448 g/mol. The maximum absolute atomic E-state index is 13.4. The molecule has 3 amide bonds. The van der Waals surface area contributed by atoms with Crippen LogP contribution in [0.3, 0.4) is 0 Å². The Bertz CT molecular complexity index is 1430. The van der Waals surface area contributed by atoms with Crippen LogP contribution in [0.15, 0.2) is 97.1 Å². The second kappa shape index (κ2) is 8.67. The third-order valence-electron chi connectivity index (χ3n) is 5.71. The van der Waals surface area contributed by atoms with E-state index in [1.165, 1.54) is 17.0 Å². The molecule has 5 rings (SSSR count). The van der Waals surface area contributed by atoms with Crippen LogP contribution in [0.4, 0.5) is 11.4 Å². The summed E-state index contributed by atoms with van der Waals surface area (Å²) in [6.45, 7) is 0. The molecule has 4 aromatic carbocycles. The Morgan fingerprint density at radius 2 is 1.47 bits per heavy atom. The largest absolute Gasteiger partial charge is 0.497 e. The molecule has 0 bridgehead atoms. The molecule has 1 aliphatic heterocycles. The summed E-state index contributed by atoms with van der Waals surface area (Å²) in [6, 6.07) is 28.4. The van der Waals surface area contributed by atoms with Gasteiger partial charge in [0.25, 0.3) is 17.7 Å². The SMILES string of the molecule is COc1cccc(NC(=O)c2ccc3c(c2)C(=O)N(c2ccccc2-c2ccccc2)C3=O)c1. The van der Waals surface area contributed by atoms with Gasteiger partial charge in [-0.15, -0.1) is 0 Å². The van der Waals surface area contributed by atoms with Crippen LogP contribution in [0.5, 0.6) is 5.75 Å². The van der Waals surface area contributed by atoms with Gasteiger partial charge >= 0.3 is 0 Å². The van der Waals surface area contributed by atoms with Crippen LogP contribution in [0.25, 0.3) is 11.1 Å². The number of para-hydroxylation sites is 1. The normalized spacial score (nSPS) is 12.4. The van der Waals surface area contributed by atoms with Gasteiger partial charge in [-0.2, -0.15) is 0 Å². The molecule has 6 nitrogen and oxygen atoms in total. The van der Waals surface area contributed by atoms with Crippen LogP contribution in [-0.4, -0.2) is 24.8 Å². The third kappa shape index (κ3) is 3.71. The summed E-state index contributed by atoms with van der Waals surface area (Å²) in [6.07, 6.45) is 0. The smallest absolute Gasteiger partial charge is 0.266 e. The fraction of sp³-hybridized carbons (Fsp3) is 0.0357. The van der Waals surface area contributed by atoms with E-state index < -0.39 is 11.8 Å². The number of hydrogen-bond acceptors (Lipinski definition) is 4. The zero-order chi connectivity index (χ0) is 23.7. The van der Waals surface area contributed by atoms with Crippen LogP contribution in [0.2, 0.25) is 0 Å². The zero-order valence-corrected chi connectivity index (χ0v) is 18.3. The van der Waals surface area contributed by atoms with Crippen LogP contribution in [0.1, 0.15) is 31.1 Å². The quantitative estimate of drug-likeness (QED) is 0.414. The second-order valence-electron chi connectivity index (χ2n) is 7.78. The average molecular weight is 448 g/mol. The Balaban J connectivity index is 1.47. The summed E-state index contributed by atoms with van der Waals surface area (Å²) in [5, 5.41) is 2.79. The number of imide groups is 1. The van der Waals surface area contributed by atoms with Gasteiger partial charge in [0, 0.05) is 22.9 Å². The Morgan fingerprint density at radius 1 is 0.735 bits per heavy atom. The molecule has 0 aromatic heterocycles. The molecule has 0 saturated heterocycles. The Kier molecular flexibility index (Phi) is 5.40. The van der Waals surface area contributed by atoms with E-state index in [1.807, 2.05) is 42.5 Å². The van der Waals surface area contributed by atoms with Crippen molar-refractivity contribution in [2.45, 2.75) is 0 Å². The average Bonchev–Trinajstić information content (AvgIpc) is 3.13. The number of amides is 3. The van der Waals surface area contributed by atoms with Crippen molar-refractivity contribution >= 4 is 29.1 Å². The number of rotatable bonds is 5. The lowest BCUT2D eigenvalue weighted by atomic mass is 10.0. The first-order valence-electron chi connectivity index (χ1n) is 10.7. The lowest BCUT2D eigenvalue weighted by Gasteiger charge is -2.18. The number of ether oxygens (including phenoxy) is 1. The highest BCUT2D eigenvalue weighted by Gasteiger charge is 2.38. The minimum Gasteiger partial charge on any atom is -0.497 e. The summed E-state index contributed by atoms with van der Waals surface area (Å²) >= 11 is 0. The molecule has 1 N–H and O–H groups in total. The van der Waals surface area contributed by atoms with Crippen molar-refractivity contribution in [1.82, 2.24) is 0 Å². The maximum atomic E-state index is 13.4. The molecule has 6 heteroatoms. The molecule has 4 aromatic rings. The van der Waals surface area contributed by atoms with Crippen molar-refractivity contribution in [2.75, 3.05) is 17.3 Å². The van der Waals surface area contributed by atoms with Crippen LogP contribution < -0.4 is 15.0 Å². The molecule has 0 spiro atoms. The summed E-state index contributed by atoms with van der Waals surface area (Å²) in [7, 11) is 1.55. The number of hydrogen-bond donors (Lipinski definition) is 1. The molecule has 1 heterocycles. The number of methoxy groups -OCH3 is 1. The van der Waals surface area contributed by atoms with Gasteiger partial charge in [-0.1, -0.05) is 54.6 Å². The number of anilines is 2. The van der Waals surface area contributed by atoms with Gasteiger partial charge in [-0.25, -0.2) is 4.90 Å². The summed E-state index contributed by atoms with van der Waals surface area (Å²) in [4.78, 5) is 40.6. The van der Waals surface area contributed by atoms with Gasteiger partial charge < -0.3 is 10.1 Å². The van der Waals surface area contributed by atoms with Crippen molar-refractivity contribution in [3.63, 3.8) is 0 Å². The maximum Gasteiger partial charge on any atom is 0.266 e. The molecule has 0 radical (unpaired) electrons. The third-order valence-corrected chi connectivity index (χ3v) is 5.71. The van der Waals surface area contributed by atoms with Gasteiger partial charge in [-0.05, 0) is 42.0 Å². The standard InChI is InChI=1S/C28H20N2O4/c1-34-21-11-7-10-20(17-21)29-26(31)19-14-15-23-24(16-19)28(33)30(27(23)32)25-13-6-5-12-22(25)18-8-3-2-4-9-18/h2-17H,1H3,(H,29,31). The molecule has 0 saturated carbocycles. The van der Waals surface area contributed by atoms with Crippen molar-refractivity contribution < 1.29 is 19.1 Å². The number of carbonyl (C=O) groups excluding carboxylic acids is 3. The van der Waals surface area contributed by atoms with Crippen molar-refractivity contribution in [3.8, 4) is 16.9 Å². The molecule has 0 aliphatic carbocycles. The van der Waals surface area contributed by atoms with Gasteiger partial charge in [0.15, 0.2) is 0 Å². The minimum atomic E-state index is -0.459. The van der Waals surface area contributed by atoms with Crippen LogP contribution in [-0.2, 0) is 0 Å². The number of nitrogens with one attached hydrogen (secondary N) is 1.